The van der Waals surface area contributed by atoms with Gasteiger partial charge < -0.3 is 30.4 Å². The molecule has 10 nitrogen and oxygen atoms in total. The average molecular weight is 855 g/mol. The van der Waals surface area contributed by atoms with Gasteiger partial charge in [-0.3, -0.25) is 19.2 Å². The zero-order valence-corrected chi connectivity index (χ0v) is 35.2. The van der Waals surface area contributed by atoms with Gasteiger partial charge in [0.1, 0.15) is 18.2 Å². The van der Waals surface area contributed by atoms with Crippen molar-refractivity contribution in [3.05, 3.63) is 11.6 Å². The molecule has 0 aromatic carbocycles. The Morgan fingerprint density at radius 1 is 0.949 bits per heavy atom. The van der Waals surface area contributed by atoms with E-state index in [4.69, 9.17) is 19.9 Å². The van der Waals surface area contributed by atoms with Crippen LogP contribution in [0.1, 0.15) is 113 Å². The lowest BCUT2D eigenvalue weighted by atomic mass is 9.34. The number of carboxylic acids is 1. The number of carbonyl (C=O) groups is 4. The molecule has 0 aromatic heterocycles. The number of hydrogen-bond donors (Lipinski definition) is 3. The first kappa shape index (κ1) is 47.1. The van der Waals surface area contributed by atoms with Crippen molar-refractivity contribution in [1.29, 1.82) is 0 Å². The van der Waals surface area contributed by atoms with E-state index in [-0.39, 0.29) is 55.5 Å². The van der Waals surface area contributed by atoms with E-state index >= 15 is 0 Å². The fraction of sp³-hybridized carbons (Fsp3) is 0.857. The minimum atomic E-state index is -6.65. The molecule has 4 fully saturated rings. The zero-order valence-electron chi connectivity index (χ0n) is 35.2. The van der Waals surface area contributed by atoms with Crippen molar-refractivity contribution >= 4 is 23.8 Å². The molecule has 59 heavy (non-hydrogen) atoms. The highest BCUT2D eigenvalue weighted by atomic mass is 19.4. The molecule has 0 aromatic rings. The van der Waals surface area contributed by atoms with E-state index in [1.807, 2.05) is 6.92 Å². The highest BCUT2D eigenvalue weighted by Gasteiger charge is 2.76. The molecule has 5 rings (SSSR count). The third-order valence-electron chi connectivity index (χ3n) is 16.2. The molecule has 1 aliphatic heterocycles. The van der Waals surface area contributed by atoms with E-state index in [2.05, 4.69) is 47.6 Å². The number of fused-ring (bicyclic) bond motifs is 3. The second kappa shape index (κ2) is 15.7. The lowest BCUT2D eigenvalue weighted by Gasteiger charge is -2.71. The Labute approximate surface area is 341 Å². The number of nitrogens with one attached hydrogen (secondary N) is 1. The first-order valence-corrected chi connectivity index (χ1v) is 20.7. The number of esters is 2. The molecule has 2 bridgehead atoms. The summed E-state index contributed by atoms with van der Waals surface area (Å²) >= 11 is 0. The lowest BCUT2D eigenvalue weighted by Crippen LogP contribution is -2.70. The predicted molar refractivity (Wildman–Crippen MR) is 200 cm³/mol. The Morgan fingerprint density at radius 3 is 2.17 bits per heavy atom. The van der Waals surface area contributed by atoms with Crippen molar-refractivity contribution in [2.45, 2.75) is 149 Å². The number of ether oxygens (including phenoxy) is 3. The topological polar surface area (TPSA) is 154 Å². The van der Waals surface area contributed by atoms with Crippen molar-refractivity contribution in [3.63, 3.8) is 0 Å². The van der Waals surface area contributed by atoms with Crippen LogP contribution in [0.2, 0.25) is 0 Å². The molecular weight excluding hydrogens is 793 g/mol. The van der Waals surface area contributed by atoms with Crippen LogP contribution in [0.25, 0.3) is 0 Å². The van der Waals surface area contributed by atoms with Gasteiger partial charge in [-0.15, -0.1) is 0 Å². The Kier molecular flexibility index (Phi) is 12.6. The highest BCUT2D eigenvalue weighted by molar-refractivity contribution is 5.84. The van der Waals surface area contributed by atoms with E-state index in [0.717, 1.165) is 25.7 Å². The van der Waals surface area contributed by atoms with Crippen LogP contribution in [-0.4, -0.2) is 85.0 Å². The van der Waals surface area contributed by atoms with Crippen LogP contribution in [0.5, 0.6) is 0 Å². The van der Waals surface area contributed by atoms with Crippen LogP contribution in [0.3, 0.4) is 0 Å². The second-order valence-electron chi connectivity index (χ2n) is 19.6. The molecule has 4 N–H and O–H groups in total. The van der Waals surface area contributed by atoms with Gasteiger partial charge in [-0.05, 0) is 97.7 Å². The number of halogens is 7. The fourth-order valence-electron chi connectivity index (χ4n) is 12.6. The molecule has 5 aliphatic rings. The van der Waals surface area contributed by atoms with Crippen LogP contribution in [0.15, 0.2) is 11.6 Å². The minimum Gasteiger partial charge on any atom is -0.481 e. The summed E-state index contributed by atoms with van der Waals surface area (Å²) in [6.45, 7) is 16.1. The standard InChI is InChI=1S/C42H61F7N2O8/c1-22(2)23(3)35(5)16-17-37(7)25-12-13-29-36(6)20-57-21-39(29,26(25)14-15-38(37,8)30(35)32(53)54)19-28(58-24(4)52)31(36)59-33(55)27(50)11-9-10-18-51-34(56)40(43,44)41(45,46)42(47,48)49/h14,22-23,25,27-31H,9-13,15-21,50H2,1-8H3,(H,51,56)(H,53,54)/t23-,25+,27?,28-,29+,30-,31+,35-,36-,37-,38+,39-/m1/s1. The number of hydrogen-bond acceptors (Lipinski definition) is 8. The maximum absolute atomic E-state index is 13.7. The first-order chi connectivity index (χ1) is 27.0. The highest BCUT2D eigenvalue weighted by Crippen LogP contribution is 2.75. The van der Waals surface area contributed by atoms with E-state index in [0.29, 0.717) is 18.9 Å². The zero-order chi connectivity index (χ0) is 44.5. The van der Waals surface area contributed by atoms with Crippen LogP contribution in [0, 0.1) is 56.7 Å². The number of allylic oxidation sites excluding steroid dienone is 1. The normalized spacial score (nSPS) is 38.1. The van der Waals surface area contributed by atoms with Crippen molar-refractivity contribution < 1.29 is 69.2 Å². The van der Waals surface area contributed by atoms with E-state index in [1.54, 1.807) is 0 Å². The Morgan fingerprint density at radius 2 is 1.59 bits per heavy atom. The summed E-state index contributed by atoms with van der Waals surface area (Å²) in [6.07, 6.45) is -2.66. The van der Waals surface area contributed by atoms with Crippen LogP contribution >= 0.6 is 0 Å². The van der Waals surface area contributed by atoms with Crippen molar-refractivity contribution in [1.82, 2.24) is 5.32 Å². The fourth-order valence-corrected chi connectivity index (χ4v) is 12.6. The van der Waals surface area contributed by atoms with Gasteiger partial charge in [0.05, 0.1) is 19.1 Å². The molecule has 17 heteroatoms. The molecule has 1 heterocycles. The summed E-state index contributed by atoms with van der Waals surface area (Å²) in [4.78, 5) is 51.2. The number of aliphatic carboxylic acids is 1. The van der Waals surface area contributed by atoms with Crippen LogP contribution in [0.4, 0.5) is 30.7 Å². The molecule has 4 aliphatic carbocycles. The van der Waals surface area contributed by atoms with Crippen LogP contribution < -0.4 is 11.1 Å². The predicted octanol–water partition coefficient (Wildman–Crippen LogP) is 7.87. The number of carbonyl (C=O) groups excluding carboxylic acids is 3. The Hall–Kier alpha value is -2.95. The summed E-state index contributed by atoms with van der Waals surface area (Å²) < 4.78 is 110. The summed E-state index contributed by atoms with van der Waals surface area (Å²) in [5, 5.41) is 12.4. The molecule has 1 amide bonds. The van der Waals surface area contributed by atoms with Gasteiger partial charge in [0.25, 0.3) is 5.91 Å². The van der Waals surface area contributed by atoms with Gasteiger partial charge in [0, 0.05) is 24.3 Å². The largest absolute Gasteiger partial charge is 0.481 e. The van der Waals surface area contributed by atoms with E-state index < -0.39 is 94.2 Å². The molecule has 1 unspecified atom stereocenters. The van der Waals surface area contributed by atoms with Gasteiger partial charge >= 0.3 is 35.9 Å². The van der Waals surface area contributed by atoms with Gasteiger partial charge in [0.15, 0.2) is 0 Å². The number of alkyl halides is 7. The van der Waals surface area contributed by atoms with Crippen molar-refractivity contribution in [2.75, 3.05) is 19.8 Å². The monoisotopic (exact) mass is 854 g/mol. The summed E-state index contributed by atoms with van der Waals surface area (Å²) in [7, 11) is 0. The second-order valence-corrected chi connectivity index (χ2v) is 19.6. The maximum atomic E-state index is 13.7. The van der Waals surface area contributed by atoms with Crippen molar-refractivity contribution in [2.24, 2.45) is 62.4 Å². The minimum absolute atomic E-state index is 0.0204. The number of rotatable bonds is 13. The van der Waals surface area contributed by atoms with E-state index in [1.165, 1.54) is 17.8 Å². The third kappa shape index (κ3) is 7.36. The lowest BCUT2D eigenvalue weighted by molar-refractivity contribution is -0.344. The maximum Gasteiger partial charge on any atom is 0.460 e. The molecule has 0 radical (unpaired) electrons. The summed E-state index contributed by atoms with van der Waals surface area (Å²) in [5.74, 6) is -17.8. The van der Waals surface area contributed by atoms with Crippen LogP contribution in [-0.2, 0) is 33.4 Å². The molecular formula is C42H61F7N2O8. The third-order valence-corrected chi connectivity index (χ3v) is 16.2. The SMILES string of the molecule is CC(=O)O[C@@H]1C[C@]23COC[C@](C)([C@@H]2CC[C@H]2C3=CC[C@@]3(C)[C@H](C(=O)O)[C@@](C)([C@H](C)C(C)C)CC[C@]23C)[C@H]1OC(=O)C(N)CCCCNC(=O)C(F)(F)C(F)(F)C(F)(F)F. The van der Waals surface area contributed by atoms with Crippen molar-refractivity contribution in [3.8, 4) is 0 Å². The van der Waals surface area contributed by atoms with Gasteiger partial charge in [-0.25, -0.2) is 0 Å². The number of unbranched alkanes of at least 4 members (excludes halogenated alkanes) is 1. The number of nitrogens with two attached hydrogens (primary N) is 1. The average Bonchev–Trinajstić information content (AvgIpc) is 3.11. The van der Waals surface area contributed by atoms with Gasteiger partial charge in [-0.1, -0.05) is 60.1 Å². The Balaban J connectivity index is 1.34. The Bertz CT molecular complexity index is 1690. The smallest absolute Gasteiger partial charge is 0.460 e. The van der Waals surface area contributed by atoms with Gasteiger partial charge in [0.2, 0.25) is 0 Å². The molecule has 336 valence electrons. The quantitative estimate of drug-likeness (QED) is 0.0727. The molecule has 0 spiro atoms. The summed E-state index contributed by atoms with van der Waals surface area (Å²) in [6, 6.07) is -1.29. The van der Waals surface area contributed by atoms with Gasteiger partial charge in [-0.2, -0.15) is 30.7 Å². The summed E-state index contributed by atoms with van der Waals surface area (Å²) in [5.41, 5.74) is 4.57. The van der Waals surface area contributed by atoms with E-state index in [9.17, 15) is 55.0 Å². The first-order valence-electron chi connectivity index (χ1n) is 20.7. The molecule has 3 saturated carbocycles. The molecule has 12 atom stereocenters. The molecule has 1 saturated heterocycles. The number of amides is 1. The number of carboxylic acid groups (broad SMARTS) is 1.